The van der Waals surface area contributed by atoms with Crippen molar-refractivity contribution in [3.8, 4) is 0 Å². The van der Waals surface area contributed by atoms with Gasteiger partial charge in [-0.25, -0.2) is 0 Å². The Morgan fingerprint density at radius 3 is 2.65 bits per heavy atom. The average molecular weight is 285 g/mol. The first-order valence-corrected chi connectivity index (χ1v) is 7.40. The number of rotatable bonds is 2. The van der Waals surface area contributed by atoms with Gasteiger partial charge in [-0.1, -0.05) is 35.9 Å². The normalized spacial score (nSPS) is 17.6. The number of Topliss-reactive ketones (excluding diaryl/α,β-unsaturated/α-hetero) is 1. The molecule has 102 valence electrons. The fourth-order valence-corrected chi connectivity index (χ4v) is 3.27. The van der Waals surface area contributed by atoms with Crippen LogP contribution in [0.2, 0.25) is 5.02 Å². The molecule has 0 saturated heterocycles. The summed E-state index contributed by atoms with van der Waals surface area (Å²) in [7, 11) is 0. The molecule has 0 heterocycles. The Labute approximate surface area is 124 Å². The van der Waals surface area contributed by atoms with Gasteiger partial charge in [0.15, 0.2) is 5.78 Å². The van der Waals surface area contributed by atoms with Crippen LogP contribution in [0.15, 0.2) is 42.5 Å². The highest BCUT2D eigenvalue weighted by Gasteiger charge is 2.26. The van der Waals surface area contributed by atoms with E-state index < -0.39 is 0 Å². The molecule has 20 heavy (non-hydrogen) atoms. The Balaban J connectivity index is 1.86. The zero-order valence-corrected chi connectivity index (χ0v) is 12.3. The molecule has 0 radical (unpaired) electrons. The van der Waals surface area contributed by atoms with Gasteiger partial charge in [0.05, 0.1) is 0 Å². The Morgan fingerprint density at radius 2 is 1.90 bits per heavy atom. The van der Waals surface area contributed by atoms with E-state index in [1.165, 1.54) is 11.1 Å². The molecule has 1 nitrogen and oxygen atoms in total. The predicted molar refractivity (Wildman–Crippen MR) is 82.5 cm³/mol. The number of ketones is 1. The smallest absolute Gasteiger partial charge is 0.166 e. The van der Waals surface area contributed by atoms with Gasteiger partial charge in [-0.15, -0.1) is 0 Å². The van der Waals surface area contributed by atoms with Gasteiger partial charge in [-0.3, -0.25) is 4.79 Å². The van der Waals surface area contributed by atoms with Crippen molar-refractivity contribution in [2.75, 3.05) is 0 Å². The van der Waals surface area contributed by atoms with Crippen LogP contribution in [0.25, 0.3) is 0 Å². The SMILES string of the molecule is Cc1cc(Cl)ccc1C(=O)C1CCc2ccccc2C1. The second-order valence-corrected chi connectivity index (χ2v) is 5.97. The van der Waals surface area contributed by atoms with Crippen LogP contribution < -0.4 is 0 Å². The Kier molecular flexibility index (Phi) is 3.62. The first-order valence-electron chi connectivity index (χ1n) is 7.02. The standard InChI is InChI=1S/C18H17ClO/c1-12-10-16(19)8-9-17(12)18(20)15-7-6-13-4-2-3-5-14(13)11-15/h2-5,8-10,15H,6-7,11H2,1H3. The van der Waals surface area contributed by atoms with Gasteiger partial charge in [-0.05, 0) is 61.1 Å². The first-order chi connectivity index (χ1) is 9.65. The molecule has 1 unspecified atom stereocenters. The summed E-state index contributed by atoms with van der Waals surface area (Å²) < 4.78 is 0. The zero-order valence-electron chi connectivity index (χ0n) is 11.5. The summed E-state index contributed by atoms with van der Waals surface area (Å²) >= 11 is 5.96. The number of carbonyl (C=O) groups is 1. The predicted octanol–water partition coefficient (Wildman–Crippen LogP) is 4.64. The van der Waals surface area contributed by atoms with Gasteiger partial charge in [-0.2, -0.15) is 0 Å². The zero-order chi connectivity index (χ0) is 14.1. The van der Waals surface area contributed by atoms with E-state index in [0.717, 1.165) is 30.4 Å². The quantitative estimate of drug-likeness (QED) is 0.735. The van der Waals surface area contributed by atoms with Crippen LogP contribution in [0.3, 0.4) is 0 Å². The molecule has 1 aliphatic carbocycles. The first kappa shape index (κ1) is 13.4. The van der Waals surface area contributed by atoms with Crippen molar-refractivity contribution in [1.82, 2.24) is 0 Å². The minimum atomic E-state index is 0.102. The molecule has 0 bridgehead atoms. The molecule has 0 fully saturated rings. The van der Waals surface area contributed by atoms with Gasteiger partial charge in [0.2, 0.25) is 0 Å². The molecule has 0 saturated carbocycles. The Hall–Kier alpha value is -1.60. The molecule has 2 aromatic rings. The summed E-state index contributed by atoms with van der Waals surface area (Å²) in [6, 6.07) is 14.0. The number of hydrogen-bond donors (Lipinski definition) is 0. The van der Waals surface area contributed by atoms with Crippen LogP contribution in [-0.4, -0.2) is 5.78 Å². The van der Waals surface area contributed by atoms with Crippen LogP contribution in [-0.2, 0) is 12.8 Å². The lowest BCUT2D eigenvalue weighted by Crippen LogP contribution is -2.23. The summed E-state index contributed by atoms with van der Waals surface area (Å²) in [4.78, 5) is 12.7. The average Bonchev–Trinajstić information content (AvgIpc) is 2.46. The molecule has 1 aliphatic rings. The van der Waals surface area contributed by atoms with E-state index in [-0.39, 0.29) is 11.7 Å². The van der Waals surface area contributed by atoms with E-state index in [2.05, 4.69) is 24.3 Å². The molecule has 0 amide bonds. The Morgan fingerprint density at radius 1 is 1.15 bits per heavy atom. The molecule has 0 N–H and O–H groups in total. The van der Waals surface area contributed by atoms with Crippen LogP contribution in [0.1, 0.15) is 33.5 Å². The van der Waals surface area contributed by atoms with Gasteiger partial charge >= 0.3 is 0 Å². The van der Waals surface area contributed by atoms with Crippen LogP contribution in [0.4, 0.5) is 0 Å². The Bertz CT molecular complexity index is 660. The summed E-state index contributed by atoms with van der Waals surface area (Å²) in [6.07, 6.45) is 2.80. The third kappa shape index (κ3) is 2.51. The molecule has 1 atom stereocenters. The second-order valence-electron chi connectivity index (χ2n) is 5.53. The number of aryl methyl sites for hydroxylation is 2. The van der Waals surface area contributed by atoms with Crippen molar-refractivity contribution in [2.24, 2.45) is 5.92 Å². The van der Waals surface area contributed by atoms with Crippen LogP contribution in [0, 0.1) is 12.8 Å². The van der Waals surface area contributed by atoms with Crippen molar-refractivity contribution >= 4 is 17.4 Å². The van der Waals surface area contributed by atoms with E-state index in [9.17, 15) is 4.79 Å². The molecule has 2 heteroatoms. The summed E-state index contributed by atoms with van der Waals surface area (Å²) in [5.74, 6) is 0.360. The maximum Gasteiger partial charge on any atom is 0.166 e. The minimum Gasteiger partial charge on any atom is -0.294 e. The second kappa shape index (κ2) is 5.41. The van der Waals surface area contributed by atoms with E-state index >= 15 is 0 Å². The largest absolute Gasteiger partial charge is 0.294 e. The van der Waals surface area contributed by atoms with Gasteiger partial charge in [0.25, 0.3) is 0 Å². The fraction of sp³-hybridized carbons (Fsp3) is 0.278. The van der Waals surface area contributed by atoms with Crippen molar-refractivity contribution in [1.29, 1.82) is 0 Å². The molecular weight excluding hydrogens is 268 g/mol. The molecular formula is C18H17ClO. The molecule has 0 aliphatic heterocycles. The van der Waals surface area contributed by atoms with Gasteiger partial charge < -0.3 is 0 Å². The maximum atomic E-state index is 12.7. The van der Waals surface area contributed by atoms with Crippen LogP contribution >= 0.6 is 11.6 Å². The topological polar surface area (TPSA) is 17.1 Å². The molecule has 3 rings (SSSR count). The monoisotopic (exact) mass is 284 g/mol. The molecule has 0 spiro atoms. The lowest BCUT2D eigenvalue weighted by atomic mass is 9.79. The number of hydrogen-bond acceptors (Lipinski definition) is 1. The summed E-state index contributed by atoms with van der Waals surface area (Å²) in [6.45, 7) is 1.95. The van der Waals surface area contributed by atoms with Gasteiger partial charge in [0, 0.05) is 16.5 Å². The minimum absolute atomic E-state index is 0.102. The van der Waals surface area contributed by atoms with E-state index in [0.29, 0.717) is 5.02 Å². The van der Waals surface area contributed by atoms with Crippen molar-refractivity contribution in [3.05, 3.63) is 69.7 Å². The van der Waals surface area contributed by atoms with E-state index in [1.54, 1.807) is 6.07 Å². The highest BCUT2D eigenvalue weighted by atomic mass is 35.5. The van der Waals surface area contributed by atoms with Crippen molar-refractivity contribution in [2.45, 2.75) is 26.2 Å². The lowest BCUT2D eigenvalue weighted by molar-refractivity contribution is 0.0908. The molecule has 2 aromatic carbocycles. The van der Waals surface area contributed by atoms with Gasteiger partial charge in [0.1, 0.15) is 0 Å². The number of fused-ring (bicyclic) bond motifs is 1. The third-order valence-electron chi connectivity index (χ3n) is 4.17. The lowest BCUT2D eigenvalue weighted by Gasteiger charge is -2.24. The maximum absolute atomic E-state index is 12.7. The number of benzene rings is 2. The van der Waals surface area contributed by atoms with E-state index in [4.69, 9.17) is 11.6 Å². The highest BCUT2D eigenvalue weighted by molar-refractivity contribution is 6.30. The summed E-state index contributed by atoms with van der Waals surface area (Å²) in [5, 5.41) is 0.688. The molecule has 0 aromatic heterocycles. The van der Waals surface area contributed by atoms with Crippen molar-refractivity contribution in [3.63, 3.8) is 0 Å². The fourth-order valence-electron chi connectivity index (χ4n) is 3.05. The summed E-state index contributed by atoms with van der Waals surface area (Å²) in [5.41, 5.74) is 4.51. The van der Waals surface area contributed by atoms with Crippen LogP contribution in [0.5, 0.6) is 0 Å². The number of halogens is 1. The third-order valence-corrected chi connectivity index (χ3v) is 4.41. The van der Waals surface area contributed by atoms with Crippen molar-refractivity contribution < 1.29 is 4.79 Å². The highest BCUT2D eigenvalue weighted by Crippen LogP contribution is 2.29. The van der Waals surface area contributed by atoms with E-state index in [1.807, 2.05) is 19.1 Å². The number of carbonyl (C=O) groups excluding carboxylic acids is 1.